The Balaban J connectivity index is 0.000000124. The van der Waals surface area contributed by atoms with Gasteiger partial charge in [0.1, 0.15) is 6.17 Å². The minimum absolute atomic E-state index is 0.197. The second-order valence-corrected chi connectivity index (χ2v) is 11.5. The van der Waals surface area contributed by atoms with E-state index in [2.05, 4.69) is 13.8 Å². The van der Waals surface area contributed by atoms with E-state index in [1.54, 1.807) is 0 Å². The van der Waals surface area contributed by atoms with Crippen molar-refractivity contribution in [2.24, 2.45) is 17.8 Å². The molecule has 0 heterocycles. The third-order valence-corrected chi connectivity index (χ3v) is 8.89. The maximum atomic E-state index is 13.0. The fourth-order valence-corrected chi connectivity index (χ4v) is 6.87. The molecular weight excluding hydrogens is 443 g/mol. The lowest BCUT2D eigenvalue weighted by atomic mass is 9.88. The van der Waals surface area contributed by atoms with E-state index in [0.29, 0.717) is 61.4 Å². The van der Waals surface area contributed by atoms with Gasteiger partial charge in [-0.15, -0.1) is 0 Å². The minimum atomic E-state index is -0.697. The van der Waals surface area contributed by atoms with Crippen molar-refractivity contribution in [2.75, 3.05) is 0 Å². The lowest BCUT2D eigenvalue weighted by Gasteiger charge is -2.20. The molecule has 0 aromatic carbocycles. The fourth-order valence-electron chi connectivity index (χ4n) is 6.87. The zero-order chi connectivity index (χ0) is 25.3. The molecule has 0 bridgehead atoms. The molecule has 5 heteroatoms. The van der Waals surface area contributed by atoms with Gasteiger partial charge in [-0.2, -0.15) is 0 Å². The van der Waals surface area contributed by atoms with Crippen LogP contribution in [0.3, 0.4) is 0 Å². The van der Waals surface area contributed by atoms with E-state index >= 15 is 0 Å². The second-order valence-electron chi connectivity index (χ2n) is 11.5. The predicted octanol–water partition coefficient (Wildman–Crippen LogP) is 6.32. The number of hydrogen-bond donors (Lipinski definition) is 1. The number of carbonyl (C=O) groups excluding carboxylic acids is 3. The molecule has 0 amide bonds. The van der Waals surface area contributed by atoms with Gasteiger partial charge in [0.25, 0.3) is 0 Å². The van der Waals surface area contributed by atoms with Gasteiger partial charge in [-0.3, -0.25) is 14.4 Å². The molecule has 1 N–H and O–H groups in total. The minimum Gasteiger partial charge on any atom is -0.393 e. The van der Waals surface area contributed by atoms with E-state index in [-0.39, 0.29) is 11.9 Å². The molecule has 192 valence electrons. The Morgan fingerprint density at radius 3 is 1.63 bits per heavy atom. The van der Waals surface area contributed by atoms with Crippen LogP contribution in [0.15, 0.2) is 33.4 Å². The normalized spacial score (nSPS) is 34.2. The molecule has 0 aromatic heterocycles. The predicted molar refractivity (Wildman–Crippen MR) is 135 cm³/mol. The Kier molecular flexibility index (Phi) is 8.25. The SMILES string of the molecule is CC1CC(=O)C2=C1CC(F)CC2.CC1CC(=O)C2=C1CC(O)CC2.CC1CC(=O)C2=C1CCCC2. The zero-order valence-electron chi connectivity index (χ0n) is 21.6. The highest BCUT2D eigenvalue weighted by molar-refractivity contribution is 6.00. The van der Waals surface area contributed by atoms with Gasteiger partial charge in [0.15, 0.2) is 17.3 Å². The molecule has 0 radical (unpaired) electrons. The summed E-state index contributed by atoms with van der Waals surface area (Å²) in [5.41, 5.74) is 7.02. The highest BCUT2D eigenvalue weighted by Gasteiger charge is 2.34. The third kappa shape index (κ3) is 5.76. The Morgan fingerprint density at radius 1 is 0.600 bits per heavy atom. The van der Waals surface area contributed by atoms with Crippen LogP contribution in [0.5, 0.6) is 0 Å². The summed E-state index contributed by atoms with van der Waals surface area (Å²) in [4.78, 5) is 34.1. The summed E-state index contributed by atoms with van der Waals surface area (Å²) in [5, 5.41) is 9.41. The Bertz CT molecular complexity index is 930. The van der Waals surface area contributed by atoms with E-state index in [0.717, 1.165) is 48.8 Å². The third-order valence-electron chi connectivity index (χ3n) is 8.89. The first kappa shape index (κ1) is 26.2. The van der Waals surface area contributed by atoms with Crippen LogP contribution in [-0.4, -0.2) is 34.7 Å². The molecular formula is C30H41FO4. The first-order valence-corrected chi connectivity index (χ1v) is 13.7. The summed E-state index contributed by atoms with van der Waals surface area (Å²) >= 11 is 0. The van der Waals surface area contributed by atoms with E-state index in [4.69, 9.17) is 0 Å². The van der Waals surface area contributed by atoms with Crippen LogP contribution in [-0.2, 0) is 14.4 Å². The van der Waals surface area contributed by atoms with Crippen molar-refractivity contribution in [3.63, 3.8) is 0 Å². The first-order chi connectivity index (χ1) is 16.7. The number of Topliss-reactive ketones (excluding diaryl/α,β-unsaturated/α-hetero) is 3. The van der Waals surface area contributed by atoms with E-state index in [1.165, 1.54) is 36.0 Å². The summed E-state index contributed by atoms with van der Waals surface area (Å²) < 4.78 is 13.0. The molecule has 5 atom stereocenters. The molecule has 0 fully saturated rings. The van der Waals surface area contributed by atoms with Crippen molar-refractivity contribution in [1.82, 2.24) is 0 Å². The molecule has 6 aliphatic carbocycles. The Morgan fingerprint density at radius 2 is 1.06 bits per heavy atom. The number of allylic oxidation sites excluding steroid dienone is 5. The number of aliphatic hydroxyl groups is 1. The molecule has 0 saturated heterocycles. The summed E-state index contributed by atoms with van der Waals surface area (Å²) in [6, 6.07) is 0. The highest BCUT2D eigenvalue weighted by atomic mass is 19.1. The van der Waals surface area contributed by atoms with Gasteiger partial charge in [0, 0.05) is 25.7 Å². The number of ketones is 3. The summed E-state index contributed by atoms with van der Waals surface area (Å²) in [7, 11) is 0. The van der Waals surface area contributed by atoms with Gasteiger partial charge in [-0.05, 0) is 92.3 Å². The monoisotopic (exact) mass is 484 g/mol. The van der Waals surface area contributed by atoms with Crippen LogP contribution >= 0.6 is 0 Å². The molecule has 4 nitrogen and oxygen atoms in total. The van der Waals surface area contributed by atoms with E-state index in [1.807, 2.05) is 6.92 Å². The number of halogens is 1. The highest BCUT2D eigenvalue weighted by Crippen LogP contribution is 2.40. The van der Waals surface area contributed by atoms with Gasteiger partial charge in [-0.25, -0.2) is 4.39 Å². The van der Waals surface area contributed by atoms with Crippen molar-refractivity contribution in [3.8, 4) is 0 Å². The number of rotatable bonds is 0. The smallest absolute Gasteiger partial charge is 0.159 e. The average Bonchev–Trinajstić information content (AvgIpc) is 3.39. The van der Waals surface area contributed by atoms with Gasteiger partial charge >= 0.3 is 0 Å². The van der Waals surface area contributed by atoms with Crippen LogP contribution < -0.4 is 0 Å². The second kappa shape index (κ2) is 11.0. The quantitative estimate of drug-likeness (QED) is 0.437. The topological polar surface area (TPSA) is 71.4 Å². The molecule has 0 aliphatic heterocycles. The lowest BCUT2D eigenvalue weighted by molar-refractivity contribution is -0.116. The molecule has 0 spiro atoms. The van der Waals surface area contributed by atoms with Gasteiger partial charge in [0.05, 0.1) is 6.10 Å². The fraction of sp³-hybridized carbons (Fsp3) is 0.700. The molecule has 0 saturated carbocycles. The number of carbonyl (C=O) groups is 3. The summed E-state index contributed by atoms with van der Waals surface area (Å²) in [6.45, 7) is 6.29. The Hall–Kier alpha value is -1.88. The maximum Gasteiger partial charge on any atom is 0.159 e. The van der Waals surface area contributed by atoms with Crippen molar-refractivity contribution in [3.05, 3.63) is 33.4 Å². The van der Waals surface area contributed by atoms with E-state index in [9.17, 15) is 23.9 Å². The van der Waals surface area contributed by atoms with Gasteiger partial charge in [-0.1, -0.05) is 37.5 Å². The number of hydrogen-bond acceptors (Lipinski definition) is 4. The van der Waals surface area contributed by atoms with E-state index < -0.39 is 6.17 Å². The van der Waals surface area contributed by atoms with Crippen LogP contribution in [0.25, 0.3) is 0 Å². The number of aliphatic hydroxyl groups excluding tert-OH is 1. The van der Waals surface area contributed by atoms with Crippen LogP contribution in [0.1, 0.15) is 104 Å². The van der Waals surface area contributed by atoms with Crippen LogP contribution in [0.4, 0.5) is 4.39 Å². The van der Waals surface area contributed by atoms with Gasteiger partial charge in [0.2, 0.25) is 0 Å². The molecule has 6 aliphatic rings. The maximum absolute atomic E-state index is 13.0. The largest absolute Gasteiger partial charge is 0.393 e. The molecule has 35 heavy (non-hydrogen) atoms. The standard InChI is InChI=1S/C10H13FO.C10H14O2.C10H14O/c2*1-6-4-10(12)8-3-2-7(11)5-9(6)8;1-7-6-10(11)9-5-3-2-4-8(7)9/h6-7H,2-5H2,1H3;6-7,11H,2-5H2,1H3;7H,2-6H2,1H3. The molecule has 5 unspecified atom stereocenters. The lowest BCUT2D eigenvalue weighted by Crippen LogP contribution is -2.15. The van der Waals surface area contributed by atoms with Crippen molar-refractivity contribution < 1.29 is 23.9 Å². The van der Waals surface area contributed by atoms with Crippen LogP contribution in [0, 0.1) is 17.8 Å². The number of alkyl halides is 1. The molecule has 6 rings (SSSR count). The average molecular weight is 485 g/mol. The van der Waals surface area contributed by atoms with Crippen molar-refractivity contribution in [2.45, 2.75) is 117 Å². The Labute approximate surface area is 209 Å². The van der Waals surface area contributed by atoms with Crippen molar-refractivity contribution >= 4 is 17.3 Å². The van der Waals surface area contributed by atoms with Gasteiger partial charge < -0.3 is 5.11 Å². The van der Waals surface area contributed by atoms with Crippen molar-refractivity contribution in [1.29, 1.82) is 0 Å². The van der Waals surface area contributed by atoms with Crippen LogP contribution in [0.2, 0.25) is 0 Å². The summed E-state index contributed by atoms with van der Waals surface area (Å²) in [6.07, 6.45) is 10.1. The molecule has 0 aromatic rings. The zero-order valence-corrected chi connectivity index (χ0v) is 21.6. The first-order valence-electron chi connectivity index (χ1n) is 13.7. The summed E-state index contributed by atoms with van der Waals surface area (Å²) in [5.74, 6) is 2.30.